The fraction of sp³-hybridized carbons (Fsp3) is 0.320. The Morgan fingerprint density at radius 3 is 1.61 bits per heavy atom. The van der Waals surface area contributed by atoms with E-state index in [0.717, 1.165) is 56.8 Å². The fourth-order valence-electron chi connectivity index (χ4n) is 8.74. The number of fused-ring (bicyclic) bond motifs is 6. The van der Waals surface area contributed by atoms with E-state index in [-0.39, 0.29) is 40.4 Å². The van der Waals surface area contributed by atoms with Gasteiger partial charge in [-0.1, -0.05) is 67.2 Å². The molecule has 4 aromatic carbocycles. The first-order valence-corrected chi connectivity index (χ1v) is 26.0. The number of nitrogen functional groups attached to an aromatic ring is 1. The Hall–Kier alpha value is -5.21. The maximum atomic E-state index is 13.6. The number of hydrogen-bond acceptors (Lipinski definition) is 13. The van der Waals surface area contributed by atoms with Crippen LogP contribution < -0.4 is 31.2 Å². The van der Waals surface area contributed by atoms with Gasteiger partial charge in [0.25, 0.3) is 0 Å². The van der Waals surface area contributed by atoms with Crippen molar-refractivity contribution < 1.29 is 37.3 Å². The predicted molar refractivity (Wildman–Crippen MR) is 281 cm³/mol. The van der Waals surface area contributed by atoms with E-state index in [1.807, 2.05) is 6.07 Å². The molecular weight excluding hydrogens is 1110 g/mol. The smallest absolute Gasteiger partial charge is 0.248 e. The summed E-state index contributed by atoms with van der Waals surface area (Å²) in [6.45, 7) is 0. The Kier molecular flexibility index (Phi) is 18.0. The first-order valence-electron chi connectivity index (χ1n) is 22.7. The summed E-state index contributed by atoms with van der Waals surface area (Å²) in [6.07, 6.45) is 17.8. The number of benzene rings is 4. The molecule has 4 atom stereocenters. The molecule has 0 radical (unpaired) electrons. The number of carbonyl (C=O) groups is 2. The number of halogens is 7. The standard InChI is InChI=1S/C25H23BrClFN4O3.C21H20ClFN4O2.C4H4BrClO/c26-7-1-2-24(33)32-22-11-18-21(12-23(22)35-17-9-15-4-5-16(10-17)34-15)29-13-30-25(18)31-14-3-6-20(28)19(27)8-14;22-16-5-11(1-4-17(16)23)27-21-15-8-18(24)20(9-19(15)25-10-26-21)29-14-6-12-2-3-13(7-14)28-12;5-3-1-2-4(6)7/h1-3,6,8,11-13,15-17H,4-5,7,9-10H2,(H,32,33)(H,29,30,31);1,4-5,8-10,12-14H,2-3,6-7,24H2,(H,25,26,27);1-2H,3H2/b2-1+;;2-1+. The van der Waals surface area contributed by atoms with Crippen LogP contribution in [0.2, 0.25) is 10.0 Å². The molecule has 4 bridgehead atoms. The molecule has 21 heteroatoms. The lowest BCUT2D eigenvalue weighted by molar-refractivity contribution is -0.112. The SMILES string of the molecule is Nc1cc2c(Nc3ccc(F)c(Cl)c3)ncnc2cc1OC1CC2CCC(C1)O2.O=C(/C=C/CBr)Nc1cc2c(Nc3ccc(F)c(Cl)c3)ncnc2cc1OC1CC2CCC(C1)O2.O=C(Cl)/C=C/CBr. The minimum Gasteiger partial charge on any atom is -0.488 e. The van der Waals surface area contributed by atoms with Crippen molar-refractivity contribution in [3.8, 4) is 11.5 Å². The number of anilines is 6. The highest BCUT2D eigenvalue weighted by molar-refractivity contribution is 9.09. The van der Waals surface area contributed by atoms with Crippen LogP contribution in [0.5, 0.6) is 11.5 Å². The van der Waals surface area contributed by atoms with Crippen LogP contribution in [0.1, 0.15) is 51.4 Å². The van der Waals surface area contributed by atoms with Crippen molar-refractivity contribution in [2.24, 2.45) is 0 Å². The summed E-state index contributed by atoms with van der Waals surface area (Å²) in [6, 6.07) is 16.0. The Morgan fingerprint density at radius 2 is 1.14 bits per heavy atom. The third-order valence-corrected chi connectivity index (χ3v) is 13.4. The molecule has 4 saturated heterocycles. The van der Waals surface area contributed by atoms with Gasteiger partial charge in [-0.25, -0.2) is 28.7 Å². The highest BCUT2D eigenvalue weighted by Crippen LogP contribution is 2.40. The number of aromatic nitrogens is 4. The van der Waals surface area contributed by atoms with Crippen LogP contribution in [0.15, 0.2) is 97.6 Å². The lowest BCUT2D eigenvalue weighted by Gasteiger charge is -2.29. The van der Waals surface area contributed by atoms with Crippen molar-refractivity contribution >= 4 is 134 Å². The Balaban J connectivity index is 0.000000170. The molecule has 71 heavy (non-hydrogen) atoms. The fourth-order valence-corrected chi connectivity index (χ4v) is 9.56. The normalized spacial score (nSPS) is 21.1. The average molecular weight is 1160 g/mol. The summed E-state index contributed by atoms with van der Waals surface area (Å²) in [5.74, 6) is 0.946. The Bertz CT molecular complexity index is 2940. The molecular formula is C50H47Br2Cl3F2N8O6. The third-order valence-electron chi connectivity index (χ3n) is 11.9. The van der Waals surface area contributed by atoms with Gasteiger partial charge in [0.1, 0.15) is 59.6 Å². The van der Waals surface area contributed by atoms with E-state index in [4.69, 9.17) is 59.5 Å². The van der Waals surface area contributed by atoms with Crippen molar-refractivity contribution in [1.82, 2.24) is 19.9 Å². The largest absolute Gasteiger partial charge is 0.488 e. The molecule has 10 rings (SSSR count). The van der Waals surface area contributed by atoms with Crippen molar-refractivity contribution in [3.05, 3.63) is 119 Å². The van der Waals surface area contributed by atoms with E-state index in [2.05, 4.69) is 67.7 Å². The zero-order valence-electron chi connectivity index (χ0n) is 37.7. The lowest BCUT2D eigenvalue weighted by Crippen LogP contribution is -2.32. The van der Waals surface area contributed by atoms with Gasteiger partial charge in [0.05, 0.1) is 56.9 Å². The van der Waals surface area contributed by atoms with Crippen molar-refractivity contribution in [2.75, 3.05) is 32.3 Å². The van der Waals surface area contributed by atoms with E-state index in [1.54, 1.807) is 42.5 Å². The van der Waals surface area contributed by atoms with Crippen LogP contribution in [-0.2, 0) is 19.1 Å². The molecule has 0 aliphatic carbocycles. The monoisotopic (exact) mass is 1160 g/mol. The lowest BCUT2D eigenvalue weighted by atomic mass is 10.1. The summed E-state index contributed by atoms with van der Waals surface area (Å²) < 4.78 is 51.4. The molecule has 2 aromatic heterocycles. The van der Waals surface area contributed by atoms with Crippen LogP contribution in [0, 0.1) is 11.6 Å². The first kappa shape index (κ1) is 52.1. The highest BCUT2D eigenvalue weighted by atomic mass is 79.9. The minimum absolute atomic E-state index is 0.000933. The van der Waals surface area contributed by atoms with E-state index < -0.39 is 16.9 Å². The van der Waals surface area contributed by atoms with Gasteiger partial charge in [-0.15, -0.1) is 0 Å². The molecule has 6 heterocycles. The number of nitrogens with one attached hydrogen (secondary N) is 3. The predicted octanol–water partition coefficient (Wildman–Crippen LogP) is 12.7. The van der Waals surface area contributed by atoms with E-state index >= 15 is 0 Å². The second-order valence-corrected chi connectivity index (χ2v) is 19.5. The van der Waals surface area contributed by atoms with Gasteiger partial charge in [-0.2, -0.15) is 0 Å². The van der Waals surface area contributed by atoms with Crippen LogP contribution in [-0.4, -0.2) is 78.4 Å². The van der Waals surface area contributed by atoms with Crippen LogP contribution in [0.4, 0.5) is 43.2 Å². The molecule has 4 unspecified atom stereocenters. The molecule has 372 valence electrons. The molecule has 0 spiro atoms. The molecule has 4 aliphatic heterocycles. The number of allylic oxidation sites excluding steroid dienone is 3. The van der Waals surface area contributed by atoms with Crippen LogP contribution >= 0.6 is 66.7 Å². The van der Waals surface area contributed by atoms with Gasteiger partial charge < -0.3 is 40.6 Å². The molecule has 1 amide bonds. The zero-order valence-corrected chi connectivity index (χ0v) is 43.2. The van der Waals surface area contributed by atoms with Gasteiger partial charge in [0.2, 0.25) is 11.1 Å². The number of ether oxygens (including phenoxy) is 4. The second kappa shape index (κ2) is 24.5. The van der Waals surface area contributed by atoms with Gasteiger partial charge in [-0.05, 0) is 91.9 Å². The molecule has 4 aliphatic rings. The minimum atomic E-state index is -0.505. The highest BCUT2D eigenvalue weighted by Gasteiger charge is 2.37. The van der Waals surface area contributed by atoms with E-state index in [0.29, 0.717) is 85.2 Å². The first-order chi connectivity index (χ1) is 34.3. The van der Waals surface area contributed by atoms with Gasteiger partial charge >= 0.3 is 0 Å². The van der Waals surface area contributed by atoms with E-state index in [9.17, 15) is 18.4 Å². The number of nitrogens with zero attached hydrogens (tertiary/aromatic N) is 4. The molecule has 14 nitrogen and oxygen atoms in total. The number of hydrogen-bond donors (Lipinski definition) is 4. The van der Waals surface area contributed by atoms with Crippen LogP contribution in [0.3, 0.4) is 0 Å². The summed E-state index contributed by atoms with van der Waals surface area (Å²) in [4.78, 5) is 39.8. The van der Waals surface area contributed by atoms with Crippen molar-refractivity contribution in [3.63, 3.8) is 0 Å². The zero-order chi connectivity index (χ0) is 50.0. The van der Waals surface area contributed by atoms with Crippen molar-refractivity contribution in [2.45, 2.75) is 88.0 Å². The maximum Gasteiger partial charge on any atom is 0.248 e. The van der Waals surface area contributed by atoms with E-state index in [1.165, 1.54) is 49.1 Å². The Labute approximate surface area is 439 Å². The topological polar surface area (TPSA) is 185 Å². The summed E-state index contributed by atoms with van der Waals surface area (Å²) in [7, 11) is 0. The summed E-state index contributed by atoms with van der Waals surface area (Å²) in [5.41, 5.74) is 9.84. The number of alkyl halides is 2. The number of rotatable bonds is 13. The van der Waals surface area contributed by atoms with Gasteiger partial charge in [0, 0.05) is 76.7 Å². The van der Waals surface area contributed by atoms with Gasteiger partial charge in [0.15, 0.2) is 0 Å². The van der Waals surface area contributed by atoms with Crippen molar-refractivity contribution in [1.29, 1.82) is 0 Å². The molecule has 5 N–H and O–H groups in total. The molecule has 6 aromatic rings. The Morgan fingerprint density at radius 1 is 0.676 bits per heavy atom. The maximum absolute atomic E-state index is 13.6. The average Bonchev–Trinajstić information content (AvgIpc) is 3.88. The number of amides is 1. The summed E-state index contributed by atoms with van der Waals surface area (Å²) in [5, 5.41) is 11.5. The second-order valence-electron chi connectivity index (χ2n) is 17.0. The molecule has 4 fully saturated rings. The number of carbonyl (C=O) groups excluding carboxylic acids is 2. The quantitative estimate of drug-likeness (QED) is 0.0371. The van der Waals surface area contributed by atoms with Crippen LogP contribution in [0.25, 0.3) is 21.8 Å². The third kappa shape index (κ3) is 14.1. The molecule has 0 saturated carbocycles. The summed E-state index contributed by atoms with van der Waals surface area (Å²) >= 11 is 23.1. The number of nitrogens with two attached hydrogens (primary N) is 1. The van der Waals surface area contributed by atoms with Gasteiger partial charge in [-0.3, -0.25) is 9.59 Å².